The van der Waals surface area contributed by atoms with E-state index in [9.17, 15) is 32.7 Å². The Bertz CT molecular complexity index is 2170. The Balaban J connectivity index is 0.000000333. The summed E-state index contributed by atoms with van der Waals surface area (Å²) in [5.74, 6) is 0.374. The number of aliphatic hydroxyl groups is 1. The van der Waals surface area contributed by atoms with Gasteiger partial charge >= 0.3 is 12.2 Å². The third kappa shape index (κ3) is 19.3. The highest BCUT2D eigenvalue weighted by atomic mass is 32.2. The van der Waals surface area contributed by atoms with Gasteiger partial charge in [-0.1, -0.05) is 84.9 Å². The highest BCUT2D eigenvalue weighted by Gasteiger charge is 2.31. The lowest BCUT2D eigenvalue weighted by Crippen LogP contribution is -2.50. The topological polar surface area (TPSA) is 193 Å². The van der Waals surface area contributed by atoms with Crippen molar-refractivity contribution in [1.82, 2.24) is 10.6 Å². The average molecular weight is 877 g/mol. The molecule has 0 bridgehead atoms. The molecule has 0 saturated carbocycles. The smallest absolute Gasteiger partial charge is 0.407 e. The van der Waals surface area contributed by atoms with Crippen LogP contribution in [0.1, 0.15) is 87.2 Å². The Hall–Kier alpha value is -5.77. The maximum absolute atomic E-state index is 12.5. The molecule has 14 nitrogen and oxygen atoms in total. The standard InChI is InChI=1S/C24H31NO7S.C23H29NO5/c1-17(26)19-13-9-10-14-21(19)30-16-22(32-33(5,28)29)20(15-18-11-7-6-8-12-18)25-23(27)31-24(2,3)4;1-16(25)18-12-8-9-13-21(18)28-15-20(26)19(14-17-10-6-5-7-11-17)24-22(27)29-23(2,3)4/h6-14,20,22H,15-16H2,1-5H3,(H,25,27);5-13,19-20,26H,14-15H2,1-4H3,(H,24,27)/t20-,22-;19-,20-/m00/s1. The van der Waals surface area contributed by atoms with E-state index in [0.717, 1.165) is 17.4 Å². The highest BCUT2D eigenvalue weighted by molar-refractivity contribution is 7.86. The van der Waals surface area contributed by atoms with Crippen molar-refractivity contribution in [2.45, 2.75) is 104 Å². The van der Waals surface area contributed by atoms with Gasteiger partial charge in [-0.2, -0.15) is 8.42 Å². The third-order valence-corrected chi connectivity index (χ3v) is 9.15. The van der Waals surface area contributed by atoms with Crippen molar-refractivity contribution < 1.29 is 55.8 Å². The molecule has 15 heteroatoms. The number of ether oxygens (including phenoxy) is 4. The van der Waals surface area contributed by atoms with Crippen LogP contribution in [0.15, 0.2) is 109 Å². The number of hydrogen-bond donors (Lipinski definition) is 3. The van der Waals surface area contributed by atoms with Crippen molar-refractivity contribution in [2.24, 2.45) is 0 Å². The quantitative estimate of drug-likeness (QED) is 0.0659. The van der Waals surface area contributed by atoms with Crippen LogP contribution in [0.3, 0.4) is 0 Å². The first kappa shape index (κ1) is 50.6. The fourth-order valence-electron chi connectivity index (χ4n) is 5.88. The molecule has 0 radical (unpaired) electrons. The molecule has 0 fully saturated rings. The minimum Gasteiger partial charge on any atom is -0.490 e. The predicted octanol–water partition coefficient (Wildman–Crippen LogP) is 7.51. The van der Waals surface area contributed by atoms with Gasteiger partial charge in [0.1, 0.15) is 48.1 Å². The molecule has 2 amide bonds. The van der Waals surface area contributed by atoms with Gasteiger partial charge in [0.2, 0.25) is 0 Å². The number of carbonyl (C=O) groups is 4. The second-order valence-electron chi connectivity index (χ2n) is 16.5. The van der Waals surface area contributed by atoms with E-state index in [1.165, 1.54) is 13.8 Å². The molecule has 0 unspecified atom stereocenters. The number of benzene rings is 4. The van der Waals surface area contributed by atoms with Crippen molar-refractivity contribution in [3.05, 3.63) is 131 Å². The molecule has 62 heavy (non-hydrogen) atoms. The van der Waals surface area contributed by atoms with Crippen LogP contribution in [0, 0.1) is 0 Å². The Labute approximate surface area is 365 Å². The number of alkyl carbamates (subject to hydrolysis) is 2. The van der Waals surface area contributed by atoms with E-state index in [4.69, 9.17) is 23.1 Å². The van der Waals surface area contributed by atoms with E-state index in [2.05, 4.69) is 10.6 Å². The lowest BCUT2D eigenvalue weighted by molar-refractivity contribution is 0.0347. The SMILES string of the molecule is CC(=O)c1ccccc1OC[C@H](O)[C@H](Cc1ccccc1)NC(=O)OC(C)(C)C.CC(=O)c1ccccc1OC[C@H](OS(C)(=O)=O)[C@H](Cc1ccccc1)NC(=O)OC(C)(C)C. The largest absolute Gasteiger partial charge is 0.490 e. The van der Waals surface area contributed by atoms with Gasteiger partial charge in [-0.3, -0.25) is 13.8 Å². The van der Waals surface area contributed by atoms with Crippen molar-refractivity contribution in [3.8, 4) is 11.5 Å². The van der Waals surface area contributed by atoms with Gasteiger partial charge in [0.05, 0.1) is 29.5 Å². The van der Waals surface area contributed by atoms with Crippen LogP contribution in [-0.4, -0.2) is 92.2 Å². The molecule has 0 aromatic heterocycles. The first-order chi connectivity index (χ1) is 29.0. The van der Waals surface area contributed by atoms with Crippen molar-refractivity contribution in [2.75, 3.05) is 19.5 Å². The number of para-hydroxylation sites is 2. The van der Waals surface area contributed by atoms with Crippen LogP contribution in [0.2, 0.25) is 0 Å². The summed E-state index contributed by atoms with van der Waals surface area (Å²) in [5, 5.41) is 16.2. The van der Waals surface area contributed by atoms with E-state index in [0.29, 0.717) is 29.0 Å². The minimum atomic E-state index is -3.90. The van der Waals surface area contributed by atoms with Gasteiger partial charge in [-0.05, 0) is 104 Å². The van der Waals surface area contributed by atoms with Crippen molar-refractivity contribution >= 4 is 33.9 Å². The lowest BCUT2D eigenvalue weighted by Gasteiger charge is -2.29. The molecule has 4 aromatic carbocycles. The maximum atomic E-state index is 12.5. The molecule has 336 valence electrons. The summed E-state index contributed by atoms with van der Waals surface area (Å²) in [7, 11) is -3.90. The lowest BCUT2D eigenvalue weighted by atomic mass is 10.0. The number of aliphatic hydroxyl groups excluding tert-OH is 1. The summed E-state index contributed by atoms with van der Waals surface area (Å²) in [5.41, 5.74) is 1.21. The van der Waals surface area contributed by atoms with E-state index < -0.39 is 57.8 Å². The third-order valence-electron chi connectivity index (χ3n) is 8.56. The van der Waals surface area contributed by atoms with Crippen LogP contribution >= 0.6 is 0 Å². The van der Waals surface area contributed by atoms with E-state index >= 15 is 0 Å². The van der Waals surface area contributed by atoms with Gasteiger partial charge in [0.25, 0.3) is 10.1 Å². The molecule has 0 aliphatic heterocycles. The molecule has 0 aliphatic rings. The van der Waals surface area contributed by atoms with Crippen molar-refractivity contribution in [3.63, 3.8) is 0 Å². The Morgan fingerprint density at radius 1 is 0.581 bits per heavy atom. The fourth-order valence-corrected chi connectivity index (χ4v) is 6.52. The van der Waals surface area contributed by atoms with Gasteiger partial charge in [0, 0.05) is 0 Å². The monoisotopic (exact) mass is 876 g/mol. The zero-order valence-electron chi connectivity index (χ0n) is 36.9. The summed E-state index contributed by atoms with van der Waals surface area (Å²) in [6.45, 7) is 13.1. The van der Waals surface area contributed by atoms with Crippen LogP contribution in [0.4, 0.5) is 9.59 Å². The van der Waals surface area contributed by atoms with Crippen molar-refractivity contribution in [1.29, 1.82) is 0 Å². The van der Waals surface area contributed by atoms with E-state index in [1.807, 2.05) is 60.7 Å². The second kappa shape index (κ2) is 23.4. The molecular weight excluding hydrogens is 817 g/mol. The normalized spacial score (nSPS) is 13.5. The number of Topliss-reactive ketones (excluding diaryl/α,β-unsaturated/α-hetero) is 2. The molecule has 4 atom stereocenters. The van der Waals surface area contributed by atoms with Crippen LogP contribution in [0.5, 0.6) is 11.5 Å². The number of ketones is 2. The molecule has 4 rings (SSSR count). The Morgan fingerprint density at radius 2 is 0.952 bits per heavy atom. The number of rotatable bonds is 18. The summed E-state index contributed by atoms with van der Waals surface area (Å²) < 4.78 is 51.6. The van der Waals surface area contributed by atoms with Gasteiger partial charge in [-0.25, -0.2) is 9.59 Å². The Morgan fingerprint density at radius 3 is 1.35 bits per heavy atom. The average Bonchev–Trinajstić information content (AvgIpc) is 3.17. The minimum absolute atomic E-state index is 0.0857. The first-order valence-corrected chi connectivity index (χ1v) is 21.9. The molecular formula is C47H60N2O12S. The fraction of sp³-hybridized carbons (Fsp3) is 0.404. The van der Waals surface area contributed by atoms with Crippen LogP contribution in [-0.2, 0) is 36.6 Å². The predicted molar refractivity (Wildman–Crippen MR) is 236 cm³/mol. The molecule has 0 heterocycles. The number of amides is 2. The molecule has 4 aromatic rings. The van der Waals surface area contributed by atoms with Gasteiger partial charge < -0.3 is 34.7 Å². The summed E-state index contributed by atoms with van der Waals surface area (Å²) >= 11 is 0. The zero-order valence-corrected chi connectivity index (χ0v) is 37.7. The number of nitrogens with one attached hydrogen (secondary N) is 2. The van der Waals surface area contributed by atoms with E-state index in [-0.39, 0.29) is 31.2 Å². The summed E-state index contributed by atoms with van der Waals surface area (Å²) in [4.78, 5) is 48.4. The zero-order chi connectivity index (χ0) is 46.1. The van der Waals surface area contributed by atoms with Gasteiger partial charge in [0.15, 0.2) is 11.6 Å². The van der Waals surface area contributed by atoms with Gasteiger partial charge in [-0.15, -0.1) is 0 Å². The van der Waals surface area contributed by atoms with E-state index in [1.54, 1.807) is 90.1 Å². The summed E-state index contributed by atoms with van der Waals surface area (Å²) in [6, 6.07) is 30.8. The number of carbonyl (C=O) groups excluding carboxylic acids is 4. The molecule has 0 spiro atoms. The van der Waals surface area contributed by atoms with Crippen LogP contribution in [0.25, 0.3) is 0 Å². The molecule has 0 saturated heterocycles. The highest BCUT2D eigenvalue weighted by Crippen LogP contribution is 2.22. The Kier molecular flexibility index (Phi) is 19.1. The second-order valence-corrected chi connectivity index (χ2v) is 18.1. The molecule has 0 aliphatic carbocycles. The number of hydrogen-bond acceptors (Lipinski definition) is 12. The first-order valence-electron chi connectivity index (χ1n) is 20.1. The van der Waals surface area contributed by atoms with Crippen LogP contribution < -0.4 is 20.1 Å². The maximum Gasteiger partial charge on any atom is 0.407 e. The molecule has 3 N–H and O–H groups in total. The summed E-state index contributed by atoms with van der Waals surface area (Å²) in [6.07, 6.45) is -1.83.